The number of aryl methyl sites for hydroxylation is 1. The zero-order valence-electron chi connectivity index (χ0n) is 9.74. The third-order valence-corrected chi connectivity index (χ3v) is 4.82. The fraction of sp³-hybridized carbons (Fsp3) is 0.500. The average molecular weight is 257 g/mol. The molecule has 1 aliphatic rings. The lowest BCUT2D eigenvalue weighted by atomic mass is 10.1. The van der Waals surface area contributed by atoms with Crippen LogP contribution in [-0.4, -0.2) is 26.0 Å². The number of sulfone groups is 1. The Hall–Kier alpha value is -0.940. The van der Waals surface area contributed by atoms with Crippen LogP contribution in [0.15, 0.2) is 18.2 Å². The normalized spacial score (nSPS) is 22.8. The second-order valence-corrected chi connectivity index (χ2v) is 6.79. The van der Waals surface area contributed by atoms with Crippen LogP contribution in [0.2, 0.25) is 0 Å². The standard InChI is InChI=1S/C12H16FNO2S/c1-9-6-10(2-3-12(9)13)7-14-11-4-5-17(15,16)8-11/h2-3,6,11,14H,4-5,7-8H2,1H3. The lowest BCUT2D eigenvalue weighted by Gasteiger charge is -2.11. The first kappa shape index (κ1) is 12.5. The Kier molecular flexibility index (Phi) is 3.49. The summed E-state index contributed by atoms with van der Waals surface area (Å²) in [4.78, 5) is 0. The summed E-state index contributed by atoms with van der Waals surface area (Å²) in [5.74, 6) is 0.275. The molecule has 1 saturated heterocycles. The first-order valence-electron chi connectivity index (χ1n) is 5.65. The lowest BCUT2D eigenvalue weighted by molar-refractivity contribution is 0.552. The molecule has 1 unspecified atom stereocenters. The van der Waals surface area contributed by atoms with Crippen LogP contribution >= 0.6 is 0 Å². The Bertz CT molecular complexity index is 513. The molecular formula is C12H16FNO2S. The van der Waals surface area contributed by atoms with Crippen molar-refractivity contribution in [2.45, 2.75) is 25.9 Å². The number of halogens is 1. The Morgan fingerprint density at radius 2 is 2.24 bits per heavy atom. The molecule has 0 aliphatic carbocycles. The van der Waals surface area contributed by atoms with E-state index in [9.17, 15) is 12.8 Å². The maximum absolute atomic E-state index is 13.0. The van der Waals surface area contributed by atoms with Gasteiger partial charge in [-0.05, 0) is 30.5 Å². The van der Waals surface area contributed by atoms with Gasteiger partial charge in [0.15, 0.2) is 9.84 Å². The van der Waals surface area contributed by atoms with Gasteiger partial charge >= 0.3 is 0 Å². The highest BCUT2D eigenvalue weighted by atomic mass is 32.2. The van der Waals surface area contributed by atoms with Gasteiger partial charge in [0.05, 0.1) is 11.5 Å². The van der Waals surface area contributed by atoms with E-state index in [0.29, 0.717) is 18.5 Å². The highest BCUT2D eigenvalue weighted by Crippen LogP contribution is 2.13. The van der Waals surface area contributed by atoms with E-state index in [1.54, 1.807) is 19.1 Å². The van der Waals surface area contributed by atoms with E-state index in [2.05, 4.69) is 5.32 Å². The first-order valence-corrected chi connectivity index (χ1v) is 7.47. The Morgan fingerprint density at radius 1 is 1.47 bits per heavy atom. The minimum Gasteiger partial charge on any atom is -0.309 e. The molecule has 1 aromatic carbocycles. The van der Waals surface area contributed by atoms with Crippen LogP contribution in [0.4, 0.5) is 4.39 Å². The largest absolute Gasteiger partial charge is 0.309 e. The van der Waals surface area contributed by atoms with Crippen LogP contribution in [0.5, 0.6) is 0 Å². The van der Waals surface area contributed by atoms with Crippen molar-refractivity contribution in [1.29, 1.82) is 0 Å². The molecule has 1 heterocycles. The quantitative estimate of drug-likeness (QED) is 0.890. The van der Waals surface area contributed by atoms with E-state index < -0.39 is 9.84 Å². The summed E-state index contributed by atoms with van der Waals surface area (Å²) in [5.41, 5.74) is 1.59. The summed E-state index contributed by atoms with van der Waals surface area (Å²) in [6.45, 7) is 2.31. The van der Waals surface area contributed by atoms with E-state index >= 15 is 0 Å². The van der Waals surface area contributed by atoms with Gasteiger partial charge in [-0.25, -0.2) is 12.8 Å². The highest BCUT2D eigenvalue weighted by molar-refractivity contribution is 7.91. The van der Waals surface area contributed by atoms with Crippen LogP contribution in [0, 0.1) is 12.7 Å². The van der Waals surface area contributed by atoms with E-state index in [4.69, 9.17) is 0 Å². The number of nitrogens with one attached hydrogen (secondary N) is 1. The number of hydrogen-bond acceptors (Lipinski definition) is 3. The van der Waals surface area contributed by atoms with E-state index in [0.717, 1.165) is 5.56 Å². The van der Waals surface area contributed by atoms with E-state index in [1.165, 1.54) is 6.07 Å². The smallest absolute Gasteiger partial charge is 0.151 e. The fourth-order valence-corrected chi connectivity index (χ4v) is 3.74. The molecule has 94 valence electrons. The molecule has 1 fully saturated rings. The summed E-state index contributed by atoms with van der Waals surface area (Å²) < 4.78 is 35.6. The molecule has 0 radical (unpaired) electrons. The van der Waals surface area contributed by atoms with Gasteiger partial charge in [0.1, 0.15) is 5.82 Å². The molecule has 0 amide bonds. The maximum atomic E-state index is 13.0. The second-order valence-electron chi connectivity index (χ2n) is 4.56. The Labute approximate surface area is 101 Å². The van der Waals surface area contributed by atoms with Crippen molar-refractivity contribution >= 4 is 9.84 Å². The Morgan fingerprint density at radius 3 is 2.82 bits per heavy atom. The zero-order valence-corrected chi connectivity index (χ0v) is 10.6. The van der Waals surface area contributed by atoms with Gasteiger partial charge in [-0.1, -0.05) is 12.1 Å². The van der Waals surface area contributed by atoms with Crippen LogP contribution in [-0.2, 0) is 16.4 Å². The average Bonchev–Trinajstić information content (AvgIpc) is 2.60. The Balaban J connectivity index is 1.92. The molecule has 2 rings (SSSR count). The van der Waals surface area contributed by atoms with Gasteiger partial charge in [0.25, 0.3) is 0 Å². The van der Waals surface area contributed by atoms with Gasteiger partial charge < -0.3 is 5.32 Å². The van der Waals surface area contributed by atoms with Crippen molar-refractivity contribution in [1.82, 2.24) is 5.32 Å². The van der Waals surface area contributed by atoms with Crippen LogP contribution in [0.25, 0.3) is 0 Å². The van der Waals surface area contributed by atoms with E-state index in [-0.39, 0.29) is 23.4 Å². The minimum absolute atomic E-state index is 0.0327. The van der Waals surface area contributed by atoms with Gasteiger partial charge in [0, 0.05) is 12.6 Å². The van der Waals surface area contributed by atoms with E-state index in [1.807, 2.05) is 0 Å². The summed E-state index contributed by atoms with van der Waals surface area (Å²) >= 11 is 0. The monoisotopic (exact) mass is 257 g/mol. The fourth-order valence-electron chi connectivity index (χ4n) is 2.03. The maximum Gasteiger partial charge on any atom is 0.151 e. The summed E-state index contributed by atoms with van der Waals surface area (Å²) in [6.07, 6.45) is 0.669. The number of benzene rings is 1. The van der Waals surface area contributed by atoms with Crippen molar-refractivity contribution in [3.8, 4) is 0 Å². The minimum atomic E-state index is -2.84. The van der Waals surface area contributed by atoms with Gasteiger partial charge in [-0.15, -0.1) is 0 Å². The molecule has 17 heavy (non-hydrogen) atoms. The summed E-state index contributed by atoms with van der Waals surface area (Å²) in [7, 11) is -2.84. The molecule has 1 aromatic rings. The van der Waals surface area contributed by atoms with Gasteiger partial charge in [0.2, 0.25) is 0 Å². The molecule has 0 spiro atoms. The third kappa shape index (κ3) is 3.26. The predicted octanol–water partition coefficient (Wildman–Crippen LogP) is 1.41. The number of rotatable bonds is 3. The second kappa shape index (κ2) is 4.74. The highest BCUT2D eigenvalue weighted by Gasteiger charge is 2.27. The SMILES string of the molecule is Cc1cc(CNC2CCS(=O)(=O)C2)ccc1F. The van der Waals surface area contributed by atoms with Crippen LogP contribution in [0.1, 0.15) is 17.5 Å². The lowest BCUT2D eigenvalue weighted by Crippen LogP contribution is -2.29. The summed E-state index contributed by atoms with van der Waals surface area (Å²) in [5, 5.41) is 3.20. The summed E-state index contributed by atoms with van der Waals surface area (Å²) in [6, 6.07) is 4.98. The molecule has 3 nitrogen and oxygen atoms in total. The predicted molar refractivity (Wildman–Crippen MR) is 65.0 cm³/mol. The molecule has 5 heteroatoms. The topological polar surface area (TPSA) is 46.2 Å². The first-order chi connectivity index (χ1) is 7.96. The van der Waals surface area contributed by atoms with Crippen molar-refractivity contribution in [2.75, 3.05) is 11.5 Å². The molecular weight excluding hydrogens is 241 g/mol. The van der Waals surface area contributed by atoms with Crippen molar-refractivity contribution in [2.24, 2.45) is 0 Å². The van der Waals surface area contributed by atoms with Crippen molar-refractivity contribution in [3.63, 3.8) is 0 Å². The molecule has 0 bridgehead atoms. The van der Waals surface area contributed by atoms with Crippen LogP contribution < -0.4 is 5.32 Å². The van der Waals surface area contributed by atoms with Crippen LogP contribution in [0.3, 0.4) is 0 Å². The van der Waals surface area contributed by atoms with Gasteiger partial charge in [-0.3, -0.25) is 0 Å². The zero-order chi connectivity index (χ0) is 12.5. The molecule has 1 N–H and O–H groups in total. The number of hydrogen-bond donors (Lipinski definition) is 1. The molecule has 0 aromatic heterocycles. The molecule has 1 aliphatic heterocycles. The molecule has 1 atom stereocenters. The third-order valence-electron chi connectivity index (χ3n) is 3.05. The molecule has 0 saturated carbocycles. The van der Waals surface area contributed by atoms with Crippen molar-refractivity contribution in [3.05, 3.63) is 35.1 Å². The van der Waals surface area contributed by atoms with Gasteiger partial charge in [-0.2, -0.15) is 0 Å². The van der Waals surface area contributed by atoms with Crippen molar-refractivity contribution < 1.29 is 12.8 Å².